The number of hydrogen-bond donors (Lipinski definition) is 3. The Balaban J connectivity index is 1.68. The molecule has 25 heavy (non-hydrogen) atoms. The number of H-pyrrole nitrogens is 1. The van der Waals surface area contributed by atoms with Crippen molar-refractivity contribution < 1.29 is 4.79 Å². The lowest BCUT2D eigenvalue weighted by Gasteiger charge is -2.22. The van der Waals surface area contributed by atoms with E-state index in [1.165, 1.54) is 6.42 Å². The first-order chi connectivity index (χ1) is 12.1. The molecule has 0 aliphatic heterocycles. The quantitative estimate of drug-likeness (QED) is 0.780. The van der Waals surface area contributed by atoms with E-state index in [0.29, 0.717) is 0 Å². The van der Waals surface area contributed by atoms with E-state index in [4.69, 9.17) is 0 Å². The minimum absolute atomic E-state index is 0.122. The Morgan fingerprint density at radius 3 is 2.56 bits per heavy atom. The van der Waals surface area contributed by atoms with Gasteiger partial charge < -0.3 is 5.32 Å². The molecule has 8 heteroatoms. The zero-order chi connectivity index (χ0) is 17.6. The van der Waals surface area contributed by atoms with Crippen LogP contribution in [0.1, 0.15) is 37.7 Å². The van der Waals surface area contributed by atoms with E-state index in [2.05, 4.69) is 20.6 Å². The number of carbonyl (C=O) groups excluding carboxylic acids is 1. The topological polar surface area (TPSA) is 109 Å². The van der Waals surface area contributed by atoms with Gasteiger partial charge in [-0.3, -0.25) is 10.3 Å². The third-order valence-electron chi connectivity index (χ3n) is 4.26. The standard InChI is InChI=1S/C17H21N5O3/c23-15(18-13-9-5-2-6-10-13)19-14-20-16(24)22(17(25)21-14)11-12-7-3-1-4-8-12/h1,3-4,7-8,13H,2,5-6,9-11H2,(H3,18,19,20,21,23,24,25). The van der Waals surface area contributed by atoms with Gasteiger partial charge in [0.15, 0.2) is 0 Å². The number of anilines is 1. The molecule has 2 amide bonds. The number of amides is 2. The molecule has 0 radical (unpaired) electrons. The summed E-state index contributed by atoms with van der Waals surface area (Å²) in [5.74, 6) is -0.146. The number of benzene rings is 1. The average Bonchev–Trinajstić information content (AvgIpc) is 2.60. The lowest BCUT2D eigenvalue weighted by Crippen LogP contribution is -2.42. The largest absolute Gasteiger partial charge is 0.355 e. The van der Waals surface area contributed by atoms with Crippen molar-refractivity contribution in [2.45, 2.75) is 44.7 Å². The van der Waals surface area contributed by atoms with Crippen LogP contribution in [-0.4, -0.2) is 26.6 Å². The summed E-state index contributed by atoms with van der Waals surface area (Å²) in [5.41, 5.74) is -0.509. The van der Waals surface area contributed by atoms with Crippen molar-refractivity contribution in [3.63, 3.8) is 0 Å². The van der Waals surface area contributed by atoms with Crippen LogP contribution in [0.4, 0.5) is 10.7 Å². The predicted octanol–water partition coefficient (Wildman–Crippen LogP) is 1.43. The summed E-state index contributed by atoms with van der Waals surface area (Å²) in [6.45, 7) is 0.122. The van der Waals surface area contributed by atoms with Crippen molar-refractivity contribution in [1.82, 2.24) is 19.9 Å². The van der Waals surface area contributed by atoms with Crippen molar-refractivity contribution in [1.29, 1.82) is 0 Å². The number of urea groups is 1. The minimum Gasteiger partial charge on any atom is -0.335 e. The molecule has 1 aromatic heterocycles. The summed E-state index contributed by atoms with van der Waals surface area (Å²) >= 11 is 0. The van der Waals surface area contributed by atoms with Crippen LogP contribution in [0, 0.1) is 0 Å². The molecule has 1 heterocycles. The number of nitrogens with zero attached hydrogens (tertiary/aromatic N) is 2. The average molecular weight is 343 g/mol. The van der Waals surface area contributed by atoms with Gasteiger partial charge in [0, 0.05) is 6.04 Å². The van der Waals surface area contributed by atoms with E-state index in [1.807, 2.05) is 30.3 Å². The SMILES string of the molecule is O=C(Nc1nc(=O)n(Cc2ccccc2)c(=O)[nH]1)NC1CCCCC1. The van der Waals surface area contributed by atoms with Crippen LogP contribution in [0.5, 0.6) is 0 Å². The van der Waals surface area contributed by atoms with E-state index >= 15 is 0 Å². The summed E-state index contributed by atoms with van der Waals surface area (Å²) in [7, 11) is 0. The van der Waals surface area contributed by atoms with Crippen molar-refractivity contribution >= 4 is 12.0 Å². The van der Waals surface area contributed by atoms with Crippen LogP contribution in [0.2, 0.25) is 0 Å². The van der Waals surface area contributed by atoms with E-state index in [1.54, 1.807) is 0 Å². The molecule has 0 atom stereocenters. The molecule has 2 aromatic rings. The molecule has 3 N–H and O–H groups in total. The third kappa shape index (κ3) is 4.56. The Labute approximate surface area is 144 Å². The maximum atomic E-state index is 12.1. The van der Waals surface area contributed by atoms with Gasteiger partial charge in [-0.25, -0.2) is 19.0 Å². The van der Waals surface area contributed by atoms with E-state index < -0.39 is 17.4 Å². The molecular formula is C17H21N5O3. The van der Waals surface area contributed by atoms with E-state index in [0.717, 1.165) is 35.8 Å². The van der Waals surface area contributed by atoms with Crippen molar-refractivity contribution in [3.05, 3.63) is 56.9 Å². The van der Waals surface area contributed by atoms with Gasteiger partial charge in [-0.05, 0) is 18.4 Å². The molecule has 1 fully saturated rings. The molecule has 0 spiro atoms. The van der Waals surface area contributed by atoms with Crippen LogP contribution in [0.15, 0.2) is 39.9 Å². The molecule has 3 rings (SSSR count). The van der Waals surface area contributed by atoms with Crippen molar-refractivity contribution in [2.75, 3.05) is 5.32 Å². The third-order valence-corrected chi connectivity index (χ3v) is 4.26. The lowest BCUT2D eigenvalue weighted by atomic mass is 9.96. The Kier molecular flexibility index (Phi) is 5.27. The van der Waals surface area contributed by atoms with Gasteiger partial charge in [-0.15, -0.1) is 0 Å². The van der Waals surface area contributed by atoms with Crippen LogP contribution in [-0.2, 0) is 6.54 Å². The first-order valence-corrected chi connectivity index (χ1v) is 8.44. The Morgan fingerprint density at radius 2 is 1.88 bits per heavy atom. The van der Waals surface area contributed by atoms with Gasteiger partial charge in [-0.1, -0.05) is 49.6 Å². The zero-order valence-electron chi connectivity index (χ0n) is 13.8. The summed E-state index contributed by atoms with van der Waals surface area (Å²) in [4.78, 5) is 42.4. The summed E-state index contributed by atoms with van der Waals surface area (Å²) in [6, 6.07) is 8.80. The monoisotopic (exact) mass is 343 g/mol. The number of aromatic nitrogens is 3. The number of rotatable bonds is 4. The van der Waals surface area contributed by atoms with Crippen LogP contribution in [0.3, 0.4) is 0 Å². The summed E-state index contributed by atoms with van der Waals surface area (Å²) in [6.07, 6.45) is 5.26. The molecule has 132 valence electrons. The molecule has 1 aromatic carbocycles. The molecule has 0 unspecified atom stereocenters. The van der Waals surface area contributed by atoms with E-state index in [-0.39, 0.29) is 18.5 Å². The lowest BCUT2D eigenvalue weighted by molar-refractivity contribution is 0.244. The highest BCUT2D eigenvalue weighted by Gasteiger charge is 2.16. The maximum Gasteiger partial charge on any atom is 0.355 e. The Hall–Kier alpha value is -2.90. The van der Waals surface area contributed by atoms with Crippen LogP contribution < -0.4 is 22.0 Å². The van der Waals surface area contributed by atoms with Gasteiger partial charge in [0.2, 0.25) is 5.95 Å². The van der Waals surface area contributed by atoms with Gasteiger partial charge in [-0.2, -0.15) is 4.98 Å². The fourth-order valence-electron chi connectivity index (χ4n) is 2.98. The number of carbonyl (C=O) groups is 1. The first-order valence-electron chi connectivity index (χ1n) is 8.44. The minimum atomic E-state index is -0.708. The second-order valence-corrected chi connectivity index (χ2v) is 6.18. The van der Waals surface area contributed by atoms with Crippen LogP contribution >= 0.6 is 0 Å². The number of hydrogen-bond acceptors (Lipinski definition) is 4. The Bertz CT molecular complexity index is 806. The summed E-state index contributed by atoms with van der Waals surface area (Å²) < 4.78 is 0.986. The van der Waals surface area contributed by atoms with Gasteiger partial charge in [0.25, 0.3) is 0 Å². The van der Waals surface area contributed by atoms with Gasteiger partial charge >= 0.3 is 17.4 Å². The molecule has 1 aliphatic rings. The molecule has 1 aliphatic carbocycles. The molecule has 8 nitrogen and oxygen atoms in total. The van der Waals surface area contributed by atoms with Crippen molar-refractivity contribution in [2.24, 2.45) is 0 Å². The van der Waals surface area contributed by atoms with Gasteiger partial charge in [0.1, 0.15) is 0 Å². The molecule has 0 saturated heterocycles. The molecule has 1 saturated carbocycles. The van der Waals surface area contributed by atoms with Crippen LogP contribution in [0.25, 0.3) is 0 Å². The molecule has 0 bridgehead atoms. The predicted molar refractivity (Wildman–Crippen MR) is 93.7 cm³/mol. The second kappa shape index (κ2) is 7.78. The smallest absolute Gasteiger partial charge is 0.335 e. The van der Waals surface area contributed by atoms with Gasteiger partial charge in [0.05, 0.1) is 6.54 Å². The fourth-order valence-corrected chi connectivity index (χ4v) is 2.98. The second-order valence-electron chi connectivity index (χ2n) is 6.18. The zero-order valence-corrected chi connectivity index (χ0v) is 13.8. The Morgan fingerprint density at radius 1 is 1.16 bits per heavy atom. The highest BCUT2D eigenvalue weighted by atomic mass is 16.2. The van der Waals surface area contributed by atoms with E-state index in [9.17, 15) is 14.4 Å². The highest BCUT2D eigenvalue weighted by Crippen LogP contribution is 2.17. The highest BCUT2D eigenvalue weighted by molar-refractivity contribution is 5.87. The molecular weight excluding hydrogens is 322 g/mol. The van der Waals surface area contributed by atoms with Crippen molar-refractivity contribution in [3.8, 4) is 0 Å². The first kappa shape index (κ1) is 16.9. The normalized spacial score (nSPS) is 14.9. The fraction of sp³-hybridized carbons (Fsp3) is 0.412. The number of aromatic amines is 1. The maximum absolute atomic E-state index is 12.1. The number of nitrogens with one attached hydrogen (secondary N) is 3. The summed E-state index contributed by atoms with van der Waals surface area (Å²) in [5, 5.41) is 5.27.